The molecule has 6 heteroatoms. The number of aromatic nitrogens is 2. The first-order chi connectivity index (χ1) is 12.5. The second kappa shape index (κ2) is 8.29. The number of hydrogen-bond acceptors (Lipinski definition) is 6. The summed E-state index contributed by atoms with van der Waals surface area (Å²) in [6.45, 7) is 9.56. The van der Waals surface area contributed by atoms with Crippen molar-refractivity contribution in [2.75, 3.05) is 26.8 Å². The van der Waals surface area contributed by atoms with Crippen LogP contribution < -0.4 is 0 Å². The van der Waals surface area contributed by atoms with E-state index in [9.17, 15) is 0 Å². The lowest BCUT2D eigenvalue weighted by Gasteiger charge is -2.43. The molecular weight excluding hydrogens is 330 g/mol. The zero-order chi connectivity index (χ0) is 18.6. The van der Waals surface area contributed by atoms with Crippen LogP contribution in [0.5, 0.6) is 0 Å². The van der Waals surface area contributed by atoms with Crippen LogP contribution in [-0.2, 0) is 22.4 Å². The van der Waals surface area contributed by atoms with Gasteiger partial charge in [-0.2, -0.15) is 4.98 Å². The third kappa shape index (κ3) is 4.90. The van der Waals surface area contributed by atoms with Gasteiger partial charge in [-0.05, 0) is 11.0 Å². The van der Waals surface area contributed by atoms with Crippen LogP contribution in [0.4, 0.5) is 0 Å². The number of rotatable bonds is 6. The molecule has 0 unspecified atom stereocenters. The molecule has 2 aromatic rings. The zero-order valence-electron chi connectivity index (χ0n) is 16.1. The van der Waals surface area contributed by atoms with E-state index in [-0.39, 0.29) is 17.6 Å². The lowest BCUT2D eigenvalue weighted by molar-refractivity contribution is -0.132. The third-order valence-corrected chi connectivity index (χ3v) is 4.71. The number of hydrogen-bond donors (Lipinski definition) is 0. The van der Waals surface area contributed by atoms with Gasteiger partial charge in [0, 0.05) is 26.6 Å². The number of nitrogens with zero attached hydrogens (tertiary/aromatic N) is 3. The first-order valence-corrected chi connectivity index (χ1v) is 9.19. The Labute approximate surface area is 155 Å². The highest BCUT2D eigenvalue weighted by atomic mass is 16.5. The fraction of sp³-hybridized carbons (Fsp3) is 0.600. The number of benzene rings is 1. The van der Waals surface area contributed by atoms with Crippen molar-refractivity contribution >= 4 is 0 Å². The van der Waals surface area contributed by atoms with Gasteiger partial charge in [-0.25, -0.2) is 0 Å². The topological polar surface area (TPSA) is 60.6 Å². The molecule has 0 N–H and O–H groups in total. The van der Waals surface area contributed by atoms with Gasteiger partial charge in [-0.1, -0.05) is 56.3 Å². The van der Waals surface area contributed by atoms with Crippen molar-refractivity contribution in [1.29, 1.82) is 0 Å². The number of morpholine rings is 1. The molecule has 0 radical (unpaired) electrons. The summed E-state index contributed by atoms with van der Waals surface area (Å²) in [4.78, 5) is 6.84. The van der Waals surface area contributed by atoms with Crippen molar-refractivity contribution in [3.8, 4) is 0 Å². The Morgan fingerprint density at radius 3 is 2.65 bits per heavy atom. The molecule has 142 valence electrons. The first kappa shape index (κ1) is 19.0. The Balaban J connectivity index is 1.71. The van der Waals surface area contributed by atoms with Gasteiger partial charge in [0.1, 0.15) is 0 Å². The summed E-state index contributed by atoms with van der Waals surface area (Å²) >= 11 is 0. The van der Waals surface area contributed by atoms with Crippen LogP contribution in [0.3, 0.4) is 0 Å². The molecule has 2 atom stereocenters. The van der Waals surface area contributed by atoms with Gasteiger partial charge in [-0.15, -0.1) is 0 Å². The monoisotopic (exact) mass is 359 g/mol. The van der Waals surface area contributed by atoms with Gasteiger partial charge in [-0.3, -0.25) is 4.90 Å². The van der Waals surface area contributed by atoms with Crippen molar-refractivity contribution in [3.63, 3.8) is 0 Å². The normalized spacial score (nSPS) is 21.8. The predicted octanol–water partition coefficient (Wildman–Crippen LogP) is 3.25. The van der Waals surface area contributed by atoms with E-state index in [0.717, 1.165) is 13.1 Å². The summed E-state index contributed by atoms with van der Waals surface area (Å²) in [6.07, 6.45) is 0.850. The molecule has 1 aliphatic heterocycles. The molecule has 0 aliphatic carbocycles. The number of ether oxygens (including phenoxy) is 2. The second-order valence-electron chi connectivity index (χ2n) is 7.93. The molecular formula is C20H29N3O3. The van der Waals surface area contributed by atoms with E-state index in [1.54, 1.807) is 7.11 Å². The Hall–Kier alpha value is -1.76. The van der Waals surface area contributed by atoms with E-state index in [4.69, 9.17) is 14.0 Å². The lowest BCUT2D eigenvalue weighted by atomic mass is 9.87. The fourth-order valence-electron chi connectivity index (χ4n) is 3.13. The van der Waals surface area contributed by atoms with Crippen molar-refractivity contribution in [3.05, 3.63) is 47.6 Å². The minimum atomic E-state index is 0.0464. The highest BCUT2D eigenvalue weighted by Crippen LogP contribution is 2.33. The molecule has 0 spiro atoms. The number of methoxy groups -OCH3 is 1. The maximum absolute atomic E-state index is 6.44. The summed E-state index contributed by atoms with van der Waals surface area (Å²) in [6, 6.07) is 10.4. The predicted molar refractivity (Wildman–Crippen MR) is 98.7 cm³/mol. The van der Waals surface area contributed by atoms with Gasteiger partial charge in [0.2, 0.25) is 5.89 Å². The Morgan fingerprint density at radius 2 is 1.96 bits per heavy atom. The van der Waals surface area contributed by atoms with Crippen molar-refractivity contribution in [1.82, 2.24) is 15.0 Å². The molecule has 1 aromatic carbocycles. The standard InChI is InChI=1S/C20H29N3O3/c1-20(2,3)17-13-23(12-16(25-17)15-8-6-5-7-9-15)14-19-21-18(22-26-19)10-11-24-4/h5-9,16-17H,10-14H2,1-4H3/t16-,17+/m0/s1. The van der Waals surface area contributed by atoms with Gasteiger partial charge in [0.05, 0.1) is 25.4 Å². The van der Waals surface area contributed by atoms with Crippen molar-refractivity contribution in [2.24, 2.45) is 5.41 Å². The van der Waals surface area contributed by atoms with Gasteiger partial charge < -0.3 is 14.0 Å². The summed E-state index contributed by atoms with van der Waals surface area (Å²) in [7, 11) is 1.67. The summed E-state index contributed by atoms with van der Waals surface area (Å²) < 4.78 is 16.9. The van der Waals surface area contributed by atoms with Crippen molar-refractivity contribution in [2.45, 2.75) is 45.9 Å². The third-order valence-electron chi connectivity index (χ3n) is 4.71. The molecule has 1 fully saturated rings. The molecule has 2 heterocycles. The molecule has 6 nitrogen and oxygen atoms in total. The highest BCUT2D eigenvalue weighted by Gasteiger charge is 2.36. The largest absolute Gasteiger partial charge is 0.384 e. The minimum Gasteiger partial charge on any atom is -0.384 e. The fourth-order valence-corrected chi connectivity index (χ4v) is 3.13. The lowest BCUT2D eigenvalue weighted by Crippen LogP contribution is -2.48. The molecule has 26 heavy (non-hydrogen) atoms. The van der Waals surface area contributed by atoms with Crippen LogP contribution in [0.15, 0.2) is 34.9 Å². The van der Waals surface area contributed by atoms with Crippen LogP contribution in [0.2, 0.25) is 0 Å². The Kier molecular flexibility index (Phi) is 6.06. The van der Waals surface area contributed by atoms with Crippen LogP contribution in [-0.4, -0.2) is 48.0 Å². The van der Waals surface area contributed by atoms with Crippen LogP contribution in [0, 0.1) is 5.41 Å². The highest BCUT2D eigenvalue weighted by molar-refractivity contribution is 5.18. The second-order valence-corrected chi connectivity index (χ2v) is 7.93. The van der Waals surface area contributed by atoms with Crippen LogP contribution >= 0.6 is 0 Å². The van der Waals surface area contributed by atoms with E-state index in [2.05, 4.69) is 60.1 Å². The molecule has 3 rings (SSSR count). The minimum absolute atomic E-state index is 0.0464. The van der Waals surface area contributed by atoms with Crippen LogP contribution in [0.1, 0.15) is 44.2 Å². The molecule has 0 saturated carbocycles. The van der Waals surface area contributed by atoms with E-state index in [0.29, 0.717) is 31.3 Å². The molecule has 1 aliphatic rings. The average Bonchev–Trinajstić information content (AvgIpc) is 3.07. The SMILES string of the molecule is COCCc1noc(CN2C[C@@H](c3ccccc3)O[C@@H](C(C)(C)C)C2)n1. The maximum Gasteiger partial charge on any atom is 0.240 e. The smallest absolute Gasteiger partial charge is 0.240 e. The maximum atomic E-state index is 6.44. The summed E-state index contributed by atoms with van der Waals surface area (Å²) in [5.74, 6) is 1.35. The molecule has 1 saturated heterocycles. The first-order valence-electron chi connectivity index (χ1n) is 9.19. The molecule has 0 amide bonds. The van der Waals surface area contributed by atoms with Crippen LogP contribution in [0.25, 0.3) is 0 Å². The molecule has 0 bridgehead atoms. The van der Waals surface area contributed by atoms with Gasteiger partial charge >= 0.3 is 0 Å². The summed E-state index contributed by atoms with van der Waals surface area (Å²) in [5, 5.41) is 4.04. The Morgan fingerprint density at radius 1 is 1.19 bits per heavy atom. The van der Waals surface area contributed by atoms with Gasteiger partial charge in [0.25, 0.3) is 0 Å². The average molecular weight is 359 g/mol. The van der Waals surface area contributed by atoms with E-state index in [1.807, 2.05) is 6.07 Å². The zero-order valence-corrected chi connectivity index (χ0v) is 16.1. The molecule has 1 aromatic heterocycles. The van der Waals surface area contributed by atoms with E-state index in [1.165, 1.54) is 5.56 Å². The van der Waals surface area contributed by atoms with Gasteiger partial charge in [0.15, 0.2) is 5.82 Å². The van der Waals surface area contributed by atoms with E-state index >= 15 is 0 Å². The van der Waals surface area contributed by atoms with E-state index < -0.39 is 0 Å². The van der Waals surface area contributed by atoms with Crippen molar-refractivity contribution < 1.29 is 14.0 Å². The quantitative estimate of drug-likeness (QED) is 0.789. The summed E-state index contributed by atoms with van der Waals surface area (Å²) in [5.41, 5.74) is 1.27. The Bertz CT molecular complexity index is 681.